The third-order valence-electron chi connectivity index (χ3n) is 11.1. The lowest BCUT2D eigenvalue weighted by Gasteiger charge is -2.49. The molecule has 0 bridgehead atoms. The molecule has 2 saturated heterocycles. The van der Waals surface area contributed by atoms with Gasteiger partial charge in [-0.05, 0) is 79.5 Å². The first kappa shape index (κ1) is 31.5. The quantitative estimate of drug-likeness (QED) is 0.204. The van der Waals surface area contributed by atoms with Crippen LogP contribution in [0.3, 0.4) is 0 Å². The number of rotatable bonds is 3. The predicted molar refractivity (Wildman–Crippen MR) is 181 cm³/mol. The molecule has 4 aliphatic rings. The number of phenols is 1. The summed E-state index contributed by atoms with van der Waals surface area (Å²) in [6.45, 7) is 3.78. The van der Waals surface area contributed by atoms with Gasteiger partial charge in [-0.3, -0.25) is 23.9 Å². The van der Waals surface area contributed by atoms with Crippen LogP contribution in [0.2, 0.25) is 5.02 Å². The van der Waals surface area contributed by atoms with Crippen molar-refractivity contribution in [1.82, 2.24) is 14.7 Å². The van der Waals surface area contributed by atoms with Crippen molar-refractivity contribution < 1.29 is 33.8 Å². The number of ether oxygens (including phenoxy) is 1. The van der Waals surface area contributed by atoms with E-state index in [2.05, 4.69) is 0 Å². The maximum Gasteiger partial charge on any atom is 0.423 e. The van der Waals surface area contributed by atoms with Gasteiger partial charge in [0.2, 0.25) is 23.6 Å². The molecule has 4 heterocycles. The van der Waals surface area contributed by atoms with Crippen molar-refractivity contribution in [2.24, 2.45) is 36.1 Å². The highest BCUT2D eigenvalue weighted by Crippen LogP contribution is 2.63. The fraction of sp³-hybridized carbons (Fsp3) is 0.333. The number of hydrogen-bond donors (Lipinski definition) is 1. The molecule has 250 valence electrons. The SMILES string of the molecule is COC(=O)N1C(=O)C2CC=C3C(CC4C(=O)N(c5cc(-c6sc7ccc(Cl)cc7c6C)nn5C)C(=O)C4(C)C3c3ccc(O)cc3)C2C1=O. The van der Waals surface area contributed by atoms with Gasteiger partial charge in [-0.25, -0.2) is 9.69 Å². The third-order valence-corrected chi connectivity index (χ3v) is 12.6. The molecular formula is C36H31ClN4O7S. The molecule has 3 fully saturated rings. The maximum atomic E-state index is 14.9. The highest BCUT2D eigenvalue weighted by molar-refractivity contribution is 7.22. The molecule has 2 aliphatic heterocycles. The van der Waals surface area contributed by atoms with Crippen molar-refractivity contribution >= 4 is 68.6 Å². The van der Waals surface area contributed by atoms with E-state index in [0.29, 0.717) is 27.0 Å². The lowest BCUT2D eigenvalue weighted by atomic mass is 9.51. The molecule has 0 radical (unpaired) electrons. The van der Waals surface area contributed by atoms with Gasteiger partial charge in [0.15, 0.2) is 0 Å². The molecule has 8 rings (SSSR count). The number of allylic oxidation sites excluding steroid dienone is 2. The van der Waals surface area contributed by atoms with Crippen molar-refractivity contribution in [2.45, 2.75) is 32.6 Å². The van der Waals surface area contributed by atoms with Gasteiger partial charge in [0, 0.05) is 28.8 Å². The summed E-state index contributed by atoms with van der Waals surface area (Å²) in [5.74, 6) is -5.52. The number of aryl methyl sites for hydroxylation is 2. The number of anilines is 1. The first-order valence-electron chi connectivity index (χ1n) is 15.9. The molecule has 1 saturated carbocycles. The zero-order valence-corrected chi connectivity index (χ0v) is 28.5. The van der Waals surface area contributed by atoms with Gasteiger partial charge < -0.3 is 9.84 Å². The monoisotopic (exact) mass is 698 g/mol. The summed E-state index contributed by atoms with van der Waals surface area (Å²) in [4.78, 5) is 71.7. The summed E-state index contributed by atoms with van der Waals surface area (Å²) in [7, 11) is 2.80. The predicted octanol–water partition coefficient (Wildman–Crippen LogP) is 5.97. The Kier molecular flexibility index (Phi) is 6.96. The Morgan fingerprint density at radius 3 is 2.49 bits per heavy atom. The highest BCUT2D eigenvalue weighted by Gasteiger charge is 2.68. The second-order valence-electron chi connectivity index (χ2n) is 13.4. The first-order valence-corrected chi connectivity index (χ1v) is 17.1. The van der Waals surface area contributed by atoms with Crippen molar-refractivity contribution in [3.63, 3.8) is 0 Å². The number of likely N-dealkylation sites (tertiary alicyclic amines) is 1. The van der Waals surface area contributed by atoms with Crippen LogP contribution in [0.5, 0.6) is 5.75 Å². The Bertz CT molecular complexity index is 2190. The fourth-order valence-corrected chi connectivity index (χ4v) is 10.1. The number of phenolic OH excluding ortho intramolecular Hbond substituents is 1. The van der Waals surface area contributed by atoms with Gasteiger partial charge in [-0.15, -0.1) is 11.3 Å². The Morgan fingerprint density at radius 1 is 1.04 bits per heavy atom. The van der Waals surface area contributed by atoms with Gasteiger partial charge in [-0.1, -0.05) is 35.4 Å². The average molecular weight is 699 g/mol. The van der Waals surface area contributed by atoms with E-state index in [9.17, 15) is 29.1 Å². The van der Waals surface area contributed by atoms with E-state index in [0.717, 1.165) is 33.2 Å². The van der Waals surface area contributed by atoms with E-state index in [4.69, 9.17) is 21.4 Å². The number of halogens is 1. The first-order chi connectivity index (χ1) is 23.4. The van der Waals surface area contributed by atoms with Crippen LogP contribution in [0.15, 0.2) is 60.2 Å². The molecule has 11 nitrogen and oxygen atoms in total. The smallest absolute Gasteiger partial charge is 0.423 e. The maximum absolute atomic E-state index is 14.9. The number of thiophene rings is 1. The van der Waals surface area contributed by atoms with E-state index >= 15 is 0 Å². The van der Waals surface area contributed by atoms with Crippen LogP contribution < -0.4 is 4.90 Å². The average Bonchev–Trinajstić information content (AvgIpc) is 3.75. The molecule has 13 heteroatoms. The van der Waals surface area contributed by atoms with Crippen LogP contribution in [-0.2, 0) is 31.0 Å². The Morgan fingerprint density at radius 2 is 1.78 bits per heavy atom. The van der Waals surface area contributed by atoms with Gasteiger partial charge >= 0.3 is 6.09 Å². The second-order valence-corrected chi connectivity index (χ2v) is 14.9. The molecule has 2 aromatic carbocycles. The molecule has 6 atom stereocenters. The topological polar surface area (TPSA) is 139 Å². The van der Waals surface area contributed by atoms with Crippen LogP contribution in [0.1, 0.15) is 36.8 Å². The highest BCUT2D eigenvalue weighted by atomic mass is 35.5. The molecule has 49 heavy (non-hydrogen) atoms. The Labute approximate surface area is 289 Å². The minimum absolute atomic E-state index is 0.0393. The number of benzene rings is 2. The van der Waals surface area contributed by atoms with Crippen molar-refractivity contribution in [3.8, 4) is 16.3 Å². The Balaban J connectivity index is 1.24. The zero-order chi connectivity index (χ0) is 34.7. The summed E-state index contributed by atoms with van der Waals surface area (Å²) >= 11 is 7.83. The van der Waals surface area contributed by atoms with Gasteiger partial charge in [0.25, 0.3) is 0 Å². The van der Waals surface area contributed by atoms with Crippen LogP contribution >= 0.6 is 22.9 Å². The van der Waals surface area contributed by atoms with Crippen molar-refractivity contribution in [2.75, 3.05) is 12.0 Å². The number of methoxy groups -OCH3 is 1. The fourth-order valence-electron chi connectivity index (χ4n) is 8.77. The number of fused-ring (bicyclic) bond motifs is 5. The molecule has 4 aromatic rings. The number of amides is 5. The summed E-state index contributed by atoms with van der Waals surface area (Å²) < 4.78 is 7.33. The van der Waals surface area contributed by atoms with Crippen LogP contribution in [0.25, 0.3) is 20.7 Å². The number of imide groups is 4. The summed E-state index contributed by atoms with van der Waals surface area (Å²) in [6.07, 6.45) is 1.19. The minimum atomic E-state index is -1.27. The molecule has 6 unspecified atom stereocenters. The molecular weight excluding hydrogens is 668 g/mol. The molecule has 2 aromatic heterocycles. The largest absolute Gasteiger partial charge is 0.508 e. The van der Waals surface area contributed by atoms with Crippen LogP contribution in [-0.4, -0.2) is 56.6 Å². The normalized spacial score (nSPS) is 27.8. The van der Waals surface area contributed by atoms with Crippen LogP contribution in [0, 0.1) is 36.0 Å². The van der Waals surface area contributed by atoms with E-state index in [1.807, 2.05) is 31.2 Å². The minimum Gasteiger partial charge on any atom is -0.508 e. The lowest BCUT2D eigenvalue weighted by molar-refractivity contribution is -0.138. The second kappa shape index (κ2) is 10.8. The molecule has 1 N–H and O–H groups in total. The Hall–Kier alpha value is -4.81. The number of aromatic hydroxyl groups is 1. The van der Waals surface area contributed by atoms with Gasteiger partial charge in [0.1, 0.15) is 17.3 Å². The third kappa shape index (κ3) is 4.26. The number of carbonyl (C=O) groups excluding carboxylic acids is 5. The zero-order valence-electron chi connectivity index (χ0n) is 27.0. The summed E-state index contributed by atoms with van der Waals surface area (Å²) in [6, 6.07) is 13.9. The standard InChI is InChI=1S/C36H31ClN4O7S/c1-16-22-13-18(37)7-12-26(22)49-30(16)25-15-27(39(3)38-25)40-32(44)24-14-23-20(10-11-21-28(23)33(45)41(31(21)43)35(47)48-4)29(36(24,2)34(40)46)17-5-8-19(42)9-6-17/h5-10,12-13,15,21,23-24,28-29,42H,11,14H2,1-4H3. The van der Waals surface area contributed by atoms with E-state index in [1.165, 1.54) is 21.7 Å². The number of carbonyl (C=O) groups is 5. The molecule has 5 amide bonds. The molecule has 2 aliphatic carbocycles. The van der Waals surface area contributed by atoms with Crippen LogP contribution in [0.4, 0.5) is 10.6 Å². The van der Waals surface area contributed by atoms with E-state index < -0.39 is 64.7 Å². The number of aromatic nitrogens is 2. The lowest BCUT2D eigenvalue weighted by Crippen LogP contribution is -2.49. The summed E-state index contributed by atoms with van der Waals surface area (Å²) in [5.41, 5.74) is 1.79. The van der Waals surface area contributed by atoms with Crippen molar-refractivity contribution in [3.05, 3.63) is 76.3 Å². The van der Waals surface area contributed by atoms with Crippen molar-refractivity contribution in [1.29, 1.82) is 0 Å². The molecule has 0 spiro atoms. The van der Waals surface area contributed by atoms with E-state index in [1.54, 1.807) is 43.5 Å². The number of hydrogen-bond acceptors (Lipinski definition) is 9. The number of nitrogens with zero attached hydrogens (tertiary/aromatic N) is 4. The van der Waals surface area contributed by atoms with E-state index in [-0.39, 0.29) is 18.6 Å². The van der Waals surface area contributed by atoms with Gasteiger partial charge in [-0.2, -0.15) is 10.00 Å². The van der Waals surface area contributed by atoms with Gasteiger partial charge in [0.05, 0.1) is 35.2 Å². The summed E-state index contributed by atoms with van der Waals surface area (Å²) in [5, 5.41) is 16.5.